The van der Waals surface area contributed by atoms with Gasteiger partial charge in [-0.25, -0.2) is 4.98 Å². The monoisotopic (exact) mass is 316 g/mol. The first kappa shape index (κ1) is 14.7. The number of hydrogen-bond acceptors (Lipinski definition) is 3. The summed E-state index contributed by atoms with van der Waals surface area (Å²) in [5, 5.41) is 3.17. The summed E-state index contributed by atoms with van der Waals surface area (Å²) >= 11 is 0. The van der Waals surface area contributed by atoms with Crippen LogP contribution in [0.5, 0.6) is 0 Å². The minimum absolute atomic E-state index is 0.0299. The van der Waals surface area contributed by atoms with Crippen molar-refractivity contribution in [2.24, 2.45) is 5.92 Å². The first-order chi connectivity index (χ1) is 11.2. The number of fused-ring (bicyclic) bond motifs is 1. The van der Waals surface area contributed by atoms with Crippen molar-refractivity contribution in [1.29, 1.82) is 0 Å². The SMILES string of the molecule is O=C(NC1CCCC1)C1CN(C(=O)C2CCC2)Cc2cncn21. The Bertz CT molecular complexity index is 601. The normalized spacial score (nSPS) is 25.0. The maximum Gasteiger partial charge on any atom is 0.245 e. The van der Waals surface area contributed by atoms with Crippen LogP contribution in [0.2, 0.25) is 0 Å². The second-order valence-electron chi connectivity index (χ2n) is 7.14. The molecular weight excluding hydrogens is 292 g/mol. The molecule has 2 aliphatic carbocycles. The second kappa shape index (κ2) is 5.98. The predicted molar refractivity (Wildman–Crippen MR) is 84.4 cm³/mol. The topological polar surface area (TPSA) is 67.2 Å². The molecule has 2 heterocycles. The maximum absolute atomic E-state index is 12.7. The molecule has 124 valence electrons. The summed E-state index contributed by atoms with van der Waals surface area (Å²) in [5.41, 5.74) is 0.954. The van der Waals surface area contributed by atoms with Crippen molar-refractivity contribution in [2.45, 2.75) is 63.6 Å². The van der Waals surface area contributed by atoms with E-state index in [2.05, 4.69) is 10.3 Å². The van der Waals surface area contributed by atoms with Crippen LogP contribution in [-0.2, 0) is 16.1 Å². The molecule has 3 aliphatic rings. The lowest BCUT2D eigenvalue weighted by Crippen LogP contribution is -2.50. The molecule has 2 fully saturated rings. The molecule has 2 amide bonds. The summed E-state index contributed by atoms with van der Waals surface area (Å²) in [6.07, 6.45) is 11.2. The molecule has 0 aromatic carbocycles. The van der Waals surface area contributed by atoms with Crippen LogP contribution >= 0.6 is 0 Å². The van der Waals surface area contributed by atoms with E-state index in [4.69, 9.17) is 0 Å². The van der Waals surface area contributed by atoms with Gasteiger partial charge in [0.15, 0.2) is 0 Å². The number of carbonyl (C=O) groups is 2. The Labute approximate surface area is 136 Å². The van der Waals surface area contributed by atoms with Gasteiger partial charge in [0.25, 0.3) is 0 Å². The molecule has 23 heavy (non-hydrogen) atoms. The first-order valence-corrected chi connectivity index (χ1v) is 8.82. The predicted octanol–water partition coefficient (Wildman–Crippen LogP) is 1.63. The van der Waals surface area contributed by atoms with Crippen LogP contribution in [0.25, 0.3) is 0 Å². The Morgan fingerprint density at radius 2 is 1.91 bits per heavy atom. The summed E-state index contributed by atoms with van der Waals surface area (Å²) in [6, 6.07) is -0.0435. The molecule has 1 unspecified atom stereocenters. The van der Waals surface area contributed by atoms with E-state index in [1.807, 2.05) is 9.47 Å². The van der Waals surface area contributed by atoms with Gasteiger partial charge in [-0.15, -0.1) is 0 Å². The molecule has 1 atom stereocenters. The van der Waals surface area contributed by atoms with Gasteiger partial charge in [-0.05, 0) is 25.7 Å². The van der Waals surface area contributed by atoms with Gasteiger partial charge in [0, 0.05) is 18.2 Å². The van der Waals surface area contributed by atoms with E-state index in [1.165, 1.54) is 12.8 Å². The van der Waals surface area contributed by atoms with Gasteiger partial charge in [0.2, 0.25) is 11.8 Å². The van der Waals surface area contributed by atoms with Gasteiger partial charge in [0.05, 0.1) is 25.1 Å². The highest BCUT2D eigenvalue weighted by Crippen LogP contribution is 2.31. The smallest absolute Gasteiger partial charge is 0.245 e. The van der Waals surface area contributed by atoms with E-state index in [9.17, 15) is 9.59 Å². The van der Waals surface area contributed by atoms with Crippen molar-refractivity contribution >= 4 is 11.8 Å². The van der Waals surface area contributed by atoms with Crippen molar-refractivity contribution in [3.05, 3.63) is 18.2 Å². The van der Waals surface area contributed by atoms with E-state index < -0.39 is 0 Å². The van der Waals surface area contributed by atoms with E-state index >= 15 is 0 Å². The molecule has 0 bridgehead atoms. The third-order valence-corrected chi connectivity index (χ3v) is 5.60. The van der Waals surface area contributed by atoms with Crippen molar-refractivity contribution in [3.8, 4) is 0 Å². The molecule has 6 nitrogen and oxygen atoms in total. The number of carbonyl (C=O) groups excluding carboxylic acids is 2. The highest BCUT2D eigenvalue weighted by molar-refractivity contribution is 5.84. The van der Waals surface area contributed by atoms with Crippen molar-refractivity contribution in [1.82, 2.24) is 19.8 Å². The summed E-state index contributed by atoms with van der Waals surface area (Å²) in [5.74, 6) is 0.410. The Balaban J connectivity index is 1.50. The zero-order chi connectivity index (χ0) is 15.8. The third-order valence-electron chi connectivity index (χ3n) is 5.60. The van der Waals surface area contributed by atoms with Gasteiger partial charge in [0.1, 0.15) is 6.04 Å². The van der Waals surface area contributed by atoms with Crippen molar-refractivity contribution < 1.29 is 9.59 Å². The highest BCUT2D eigenvalue weighted by Gasteiger charge is 2.37. The highest BCUT2D eigenvalue weighted by atomic mass is 16.2. The van der Waals surface area contributed by atoms with E-state index in [0.717, 1.165) is 37.8 Å². The largest absolute Gasteiger partial charge is 0.352 e. The van der Waals surface area contributed by atoms with Crippen molar-refractivity contribution in [2.75, 3.05) is 6.54 Å². The molecular formula is C17H24N4O2. The number of rotatable bonds is 3. The van der Waals surface area contributed by atoms with Crippen LogP contribution in [0.3, 0.4) is 0 Å². The number of amides is 2. The van der Waals surface area contributed by atoms with Crippen LogP contribution < -0.4 is 5.32 Å². The van der Waals surface area contributed by atoms with Crippen LogP contribution in [0.4, 0.5) is 0 Å². The Morgan fingerprint density at radius 3 is 2.61 bits per heavy atom. The van der Waals surface area contributed by atoms with Crippen LogP contribution in [-0.4, -0.2) is 38.9 Å². The lowest BCUT2D eigenvalue weighted by Gasteiger charge is -2.37. The van der Waals surface area contributed by atoms with Gasteiger partial charge < -0.3 is 14.8 Å². The number of hydrogen-bond donors (Lipinski definition) is 1. The number of imidazole rings is 1. The van der Waals surface area contributed by atoms with E-state index in [-0.39, 0.29) is 23.8 Å². The summed E-state index contributed by atoms with van der Waals surface area (Å²) in [7, 11) is 0. The fourth-order valence-electron chi connectivity index (χ4n) is 3.95. The second-order valence-corrected chi connectivity index (χ2v) is 7.14. The van der Waals surface area contributed by atoms with E-state index in [0.29, 0.717) is 19.1 Å². The molecule has 0 spiro atoms. The lowest BCUT2D eigenvalue weighted by atomic mass is 9.84. The zero-order valence-corrected chi connectivity index (χ0v) is 13.4. The fourth-order valence-corrected chi connectivity index (χ4v) is 3.95. The summed E-state index contributed by atoms with van der Waals surface area (Å²) in [6.45, 7) is 1.04. The van der Waals surface area contributed by atoms with Gasteiger partial charge in [-0.1, -0.05) is 19.3 Å². The molecule has 6 heteroatoms. The molecule has 2 saturated carbocycles. The van der Waals surface area contributed by atoms with Crippen molar-refractivity contribution in [3.63, 3.8) is 0 Å². The average Bonchev–Trinajstić information content (AvgIpc) is 3.14. The summed E-state index contributed by atoms with van der Waals surface area (Å²) in [4.78, 5) is 31.4. The number of nitrogens with one attached hydrogen (secondary N) is 1. The molecule has 1 N–H and O–H groups in total. The molecule has 1 aromatic rings. The van der Waals surface area contributed by atoms with Gasteiger partial charge in [-0.2, -0.15) is 0 Å². The lowest BCUT2D eigenvalue weighted by molar-refractivity contribution is -0.141. The van der Waals surface area contributed by atoms with Gasteiger partial charge >= 0.3 is 0 Å². The third kappa shape index (κ3) is 2.75. The van der Waals surface area contributed by atoms with Crippen LogP contribution in [0.15, 0.2) is 12.5 Å². The Kier molecular flexibility index (Phi) is 3.83. The molecule has 0 saturated heterocycles. The fraction of sp³-hybridized carbons (Fsp3) is 0.706. The molecule has 0 radical (unpaired) electrons. The quantitative estimate of drug-likeness (QED) is 0.921. The van der Waals surface area contributed by atoms with Gasteiger partial charge in [-0.3, -0.25) is 9.59 Å². The number of aromatic nitrogens is 2. The minimum Gasteiger partial charge on any atom is -0.352 e. The molecule has 1 aromatic heterocycles. The maximum atomic E-state index is 12.7. The minimum atomic E-state index is -0.342. The first-order valence-electron chi connectivity index (χ1n) is 8.82. The van der Waals surface area contributed by atoms with Crippen LogP contribution in [0, 0.1) is 5.92 Å². The zero-order valence-electron chi connectivity index (χ0n) is 13.4. The van der Waals surface area contributed by atoms with Crippen LogP contribution in [0.1, 0.15) is 56.7 Å². The molecule has 1 aliphatic heterocycles. The standard InChI is InChI=1S/C17H24N4O2/c22-16(19-13-6-1-2-7-13)15-10-20(17(23)12-4-3-5-12)9-14-8-18-11-21(14)15/h8,11-13,15H,1-7,9-10H2,(H,19,22). The Morgan fingerprint density at radius 1 is 1.13 bits per heavy atom. The molecule has 4 rings (SSSR count). The van der Waals surface area contributed by atoms with E-state index in [1.54, 1.807) is 12.5 Å². The Hall–Kier alpha value is -1.85. The average molecular weight is 316 g/mol. The number of nitrogens with zero attached hydrogens (tertiary/aromatic N) is 3. The summed E-state index contributed by atoms with van der Waals surface area (Å²) < 4.78 is 1.94.